The van der Waals surface area contributed by atoms with Gasteiger partial charge in [0.25, 0.3) is 0 Å². The third-order valence-corrected chi connectivity index (χ3v) is 6.40. The monoisotopic (exact) mass is 359 g/mol. The molecule has 1 aromatic rings. The molecule has 1 saturated heterocycles. The van der Waals surface area contributed by atoms with Gasteiger partial charge in [-0.3, -0.25) is 0 Å². The number of hydrogen-bond donors (Lipinski definition) is 1. The van der Waals surface area contributed by atoms with Crippen molar-refractivity contribution in [3.63, 3.8) is 0 Å². The van der Waals surface area contributed by atoms with E-state index in [4.69, 9.17) is 12.2 Å². The summed E-state index contributed by atoms with van der Waals surface area (Å²) in [7, 11) is -1.55. The standard InChI is InChI=1S/C14H17NO4S3/c1-19-13(16)11-4-2-10(3-5-11)8-21-14(20)15-12-6-7-22(17,18)9-12/h2-5,12H,6-9H2,1H3,(H,15,20)/t12-/m1/s1. The van der Waals surface area contributed by atoms with E-state index in [-0.39, 0.29) is 23.5 Å². The quantitative estimate of drug-likeness (QED) is 0.649. The summed E-state index contributed by atoms with van der Waals surface area (Å²) in [5.74, 6) is 0.681. The molecule has 1 heterocycles. The number of nitrogens with one attached hydrogen (secondary N) is 1. The topological polar surface area (TPSA) is 72.5 Å². The Morgan fingerprint density at radius 1 is 1.41 bits per heavy atom. The predicted octanol–water partition coefficient (Wildman–Crippen LogP) is 1.77. The molecule has 0 radical (unpaired) electrons. The first-order valence-electron chi connectivity index (χ1n) is 6.70. The number of hydrogen-bond acceptors (Lipinski definition) is 6. The van der Waals surface area contributed by atoms with Crippen LogP contribution < -0.4 is 5.32 Å². The van der Waals surface area contributed by atoms with Gasteiger partial charge in [0.05, 0.1) is 24.2 Å². The van der Waals surface area contributed by atoms with Crippen LogP contribution in [0.2, 0.25) is 0 Å². The van der Waals surface area contributed by atoms with Gasteiger partial charge in [0.15, 0.2) is 9.84 Å². The summed E-state index contributed by atoms with van der Waals surface area (Å²) in [6, 6.07) is 7.04. The van der Waals surface area contributed by atoms with Crippen molar-refractivity contribution < 1.29 is 17.9 Å². The van der Waals surface area contributed by atoms with Crippen molar-refractivity contribution in [3.8, 4) is 0 Å². The number of carbonyl (C=O) groups excluding carboxylic acids is 1. The van der Waals surface area contributed by atoms with Gasteiger partial charge >= 0.3 is 5.97 Å². The van der Waals surface area contributed by atoms with Gasteiger partial charge in [-0.15, -0.1) is 0 Å². The predicted molar refractivity (Wildman–Crippen MR) is 91.9 cm³/mol. The molecule has 1 aromatic carbocycles. The zero-order valence-electron chi connectivity index (χ0n) is 12.1. The number of thioether (sulfide) groups is 1. The van der Waals surface area contributed by atoms with Crippen molar-refractivity contribution in [2.24, 2.45) is 0 Å². The molecule has 0 amide bonds. The van der Waals surface area contributed by atoms with Crippen molar-refractivity contribution in [3.05, 3.63) is 35.4 Å². The lowest BCUT2D eigenvalue weighted by Gasteiger charge is -2.12. The summed E-state index contributed by atoms with van der Waals surface area (Å²) in [5, 5.41) is 3.08. The highest BCUT2D eigenvalue weighted by molar-refractivity contribution is 8.22. The molecule has 1 aliphatic heterocycles. The molecule has 0 bridgehead atoms. The summed E-state index contributed by atoms with van der Waals surface area (Å²) in [4.78, 5) is 11.3. The number of ether oxygens (including phenoxy) is 1. The zero-order chi connectivity index (χ0) is 16.2. The maximum absolute atomic E-state index is 11.4. The van der Waals surface area contributed by atoms with Crippen LogP contribution in [0.15, 0.2) is 24.3 Å². The molecular formula is C14H17NO4S3. The lowest BCUT2D eigenvalue weighted by Crippen LogP contribution is -2.32. The van der Waals surface area contributed by atoms with Crippen LogP contribution >= 0.6 is 24.0 Å². The van der Waals surface area contributed by atoms with E-state index in [1.165, 1.54) is 18.9 Å². The second-order valence-corrected chi connectivity index (χ2v) is 8.89. The van der Waals surface area contributed by atoms with Gasteiger partial charge in [-0.05, 0) is 24.1 Å². The molecule has 1 atom stereocenters. The number of rotatable bonds is 4. The first kappa shape index (κ1) is 17.2. The zero-order valence-corrected chi connectivity index (χ0v) is 14.5. The largest absolute Gasteiger partial charge is 0.465 e. The highest BCUT2D eigenvalue weighted by atomic mass is 32.2. The molecule has 0 aromatic heterocycles. The number of methoxy groups -OCH3 is 1. The van der Waals surface area contributed by atoms with Gasteiger partial charge in [-0.1, -0.05) is 36.1 Å². The van der Waals surface area contributed by atoms with E-state index in [0.29, 0.717) is 22.1 Å². The Balaban J connectivity index is 1.80. The summed E-state index contributed by atoms with van der Waals surface area (Å²) >= 11 is 6.68. The second kappa shape index (κ2) is 7.43. The second-order valence-electron chi connectivity index (χ2n) is 5.01. The highest BCUT2D eigenvalue weighted by Gasteiger charge is 2.28. The van der Waals surface area contributed by atoms with Gasteiger partial charge < -0.3 is 10.1 Å². The van der Waals surface area contributed by atoms with Gasteiger partial charge in [0.1, 0.15) is 4.32 Å². The number of sulfone groups is 1. The number of benzene rings is 1. The summed E-state index contributed by atoms with van der Waals surface area (Å²) in [6.45, 7) is 0. The Morgan fingerprint density at radius 2 is 2.09 bits per heavy atom. The maximum Gasteiger partial charge on any atom is 0.337 e. The molecular weight excluding hydrogens is 342 g/mol. The minimum atomic E-state index is -2.90. The van der Waals surface area contributed by atoms with E-state index in [9.17, 15) is 13.2 Å². The maximum atomic E-state index is 11.4. The van der Waals surface area contributed by atoms with Crippen LogP contribution in [-0.4, -0.2) is 43.4 Å². The first-order valence-corrected chi connectivity index (χ1v) is 9.92. The van der Waals surface area contributed by atoms with E-state index in [0.717, 1.165) is 5.56 Å². The molecule has 0 saturated carbocycles. The van der Waals surface area contributed by atoms with Crippen LogP contribution in [-0.2, 0) is 20.3 Å². The lowest BCUT2D eigenvalue weighted by atomic mass is 10.1. The van der Waals surface area contributed by atoms with Gasteiger partial charge in [-0.25, -0.2) is 13.2 Å². The Bertz CT molecular complexity index is 655. The fraction of sp³-hybridized carbons (Fsp3) is 0.429. The number of esters is 1. The Hall–Kier alpha value is -1.12. The van der Waals surface area contributed by atoms with Crippen molar-refractivity contribution in [2.45, 2.75) is 18.2 Å². The average Bonchev–Trinajstić information content (AvgIpc) is 2.83. The van der Waals surface area contributed by atoms with E-state index in [1.807, 2.05) is 12.1 Å². The van der Waals surface area contributed by atoms with Crippen molar-refractivity contribution >= 4 is 44.1 Å². The normalized spacial score (nSPS) is 19.6. The van der Waals surface area contributed by atoms with Gasteiger partial charge in [-0.2, -0.15) is 0 Å². The third-order valence-electron chi connectivity index (χ3n) is 3.30. The molecule has 1 aliphatic rings. The molecule has 0 spiro atoms. The fourth-order valence-electron chi connectivity index (χ4n) is 2.12. The van der Waals surface area contributed by atoms with Crippen LogP contribution in [0, 0.1) is 0 Å². The molecule has 22 heavy (non-hydrogen) atoms. The lowest BCUT2D eigenvalue weighted by molar-refractivity contribution is 0.0600. The Morgan fingerprint density at radius 3 is 2.64 bits per heavy atom. The number of carbonyl (C=O) groups is 1. The molecule has 2 rings (SSSR count). The SMILES string of the molecule is COC(=O)c1ccc(CSC(=S)N[C@@H]2CCS(=O)(=O)C2)cc1. The van der Waals surface area contributed by atoms with Gasteiger partial charge in [0, 0.05) is 11.8 Å². The van der Waals surface area contributed by atoms with Crippen molar-refractivity contribution in [1.82, 2.24) is 5.32 Å². The summed E-state index contributed by atoms with van der Waals surface area (Å²) in [6.07, 6.45) is 0.608. The van der Waals surface area contributed by atoms with E-state index in [1.54, 1.807) is 12.1 Å². The third kappa shape index (κ3) is 4.96. The minimum absolute atomic E-state index is 0.0771. The molecule has 0 aliphatic carbocycles. The number of thiocarbonyl (C=S) groups is 1. The summed E-state index contributed by atoms with van der Waals surface area (Å²) in [5.41, 5.74) is 1.54. The molecule has 120 valence electrons. The molecule has 8 heteroatoms. The van der Waals surface area contributed by atoms with Crippen LogP contribution in [0.5, 0.6) is 0 Å². The smallest absolute Gasteiger partial charge is 0.337 e. The van der Waals surface area contributed by atoms with E-state index in [2.05, 4.69) is 10.1 Å². The van der Waals surface area contributed by atoms with Crippen molar-refractivity contribution in [2.75, 3.05) is 18.6 Å². The molecule has 1 N–H and O–H groups in total. The minimum Gasteiger partial charge on any atom is -0.465 e. The first-order chi connectivity index (χ1) is 10.4. The Labute approximate surface area is 139 Å². The average molecular weight is 359 g/mol. The summed E-state index contributed by atoms with van der Waals surface area (Å²) < 4.78 is 28.0. The van der Waals surface area contributed by atoms with Crippen LogP contribution in [0.4, 0.5) is 0 Å². The van der Waals surface area contributed by atoms with Crippen molar-refractivity contribution in [1.29, 1.82) is 0 Å². The Kier molecular flexibility index (Phi) is 5.82. The molecule has 1 fully saturated rings. The highest BCUT2D eigenvalue weighted by Crippen LogP contribution is 2.17. The fourth-order valence-corrected chi connectivity index (χ4v) is 4.88. The van der Waals surface area contributed by atoms with Crippen LogP contribution in [0.25, 0.3) is 0 Å². The van der Waals surface area contributed by atoms with Crippen LogP contribution in [0.3, 0.4) is 0 Å². The molecule has 5 nitrogen and oxygen atoms in total. The van der Waals surface area contributed by atoms with Crippen LogP contribution in [0.1, 0.15) is 22.3 Å². The van der Waals surface area contributed by atoms with Gasteiger partial charge in [0.2, 0.25) is 0 Å². The molecule has 0 unspecified atom stereocenters. The van der Waals surface area contributed by atoms with E-state index < -0.39 is 9.84 Å². The van der Waals surface area contributed by atoms with E-state index >= 15 is 0 Å².